The summed E-state index contributed by atoms with van der Waals surface area (Å²) in [6.07, 6.45) is 3.42. The molecule has 4 aromatic rings. The van der Waals surface area contributed by atoms with Crippen LogP contribution >= 0.6 is 0 Å². The van der Waals surface area contributed by atoms with Crippen LogP contribution in [0.2, 0.25) is 0 Å². The van der Waals surface area contributed by atoms with E-state index in [0.29, 0.717) is 23.1 Å². The van der Waals surface area contributed by atoms with Crippen molar-refractivity contribution in [3.63, 3.8) is 0 Å². The molecule has 5 rings (SSSR count). The number of para-hydroxylation sites is 1. The van der Waals surface area contributed by atoms with E-state index in [4.69, 9.17) is 4.42 Å². The first-order valence-electron chi connectivity index (χ1n) is 9.45. The third-order valence-electron chi connectivity index (χ3n) is 5.34. The van der Waals surface area contributed by atoms with Gasteiger partial charge < -0.3 is 9.32 Å². The Balaban J connectivity index is 1.73. The Morgan fingerprint density at radius 1 is 1.00 bits per heavy atom. The van der Waals surface area contributed by atoms with Crippen LogP contribution in [0.1, 0.15) is 38.9 Å². The van der Waals surface area contributed by atoms with Crippen molar-refractivity contribution in [1.82, 2.24) is 9.88 Å². The maximum Gasteiger partial charge on any atom is 0.291 e. The van der Waals surface area contributed by atoms with Crippen LogP contribution in [0.15, 0.2) is 82.3 Å². The molecular weight excluding hydrogens is 364 g/mol. The minimum Gasteiger partial charge on any atom is -0.450 e. The van der Waals surface area contributed by atoms with E-state index in [2.05, 4.69) is 4.98 Å². The molecule has 2 aromatic carbocycles. The highest BCUT2D eigenvalue weighted by Crippen LogP contribution is 2.39. The van der Waals surface area contributed by atoms with Gasteiger partial charge in [-0.3, -0.25) is 14.6 Å². The van der Waals surface area contributed by atoms with Crippen LogP contribution in [-0.2, 0) is 6.54 Å². The van der Waals surface area contributed by atoms with Crippen LogP contribution in [0.3, 0.4) is 0 Å². The van der Waals surface area contributed by atoms with E-state index in [-0.39, 0.29) is 17.1 Å². The maximum absolute atomic E-state index is 13.4. The molecule has 29 heavy (non-hydrogen) atoms. The first-order chi connectivity index (χ1) is 14.1. The number of pyridine rings is 1. The average Bonchev–Trinajstić information content (AvgIpc) is 3.02. The summed E-state index contributed by atoms with van der Waals surface area (Å²) < 4.78 is 5.93. The van der Waals surface area contributed by atoms with Crippen molar-refractivity contribution in [2.45, 2.75) is 19.5 Å². The Labute approximate surface area is 167 Å². The van der Waals surface area contributed by atoms with Crippen molar-refractivity contribution >= 4 is 16.9 Å². The van der Waals surface area contributed by atoms with Gasteiger partial charge in [0, 0.05) is 18.9 Å². The summed E-state index contributed by atoms with van der Waals surface area (Å²) >= 11 is 0. The molecule has 1 amide bonds. The number of carbonyl (C=O) groups excluding carboxylic acids is 1. The van der Waals surface area contributed by atoms with Gasteiger partial charge in [0.2, 0.25) is 5.76 Å². The van der Waals surface area contributed by atoms with Crippen molar-refractivity contribution in [3.8, 4) is 0 Å². The monoisotopic (exact) mass is 382 g/mol. The fraction of sp³-hybridized carbons (Fsp3) is 0.125. The number of rotatable bonds is 3. The van der Waals surface area contributed by atoms with Crippen molar-refractivity contribution < 1.29 is 9.21 Å². The van der Waals surface area contributed by atoms with Crippen LogP contribution < -0.4 is 5.43 Å². The summed E-state index contributed by atoms with van der Waals surface area (Å²) in [6.45, 7) is 2.35. The van der Waals surface area contributed by atoms with Crippen LogP contribution in [-0.4, -0.2) is 15.8 Å². The highest BCUT2D eigenvalue weighted by molar-refractivity contribution is 5.99. The van der Waals surface area contributed by atoms with Crippen molar-refractivity contribution in [2.24, 2.45) is 0 Å². The molecule has 0 aliphatic carbocycles. The summed E-state index contributed by atoms with van der Waals surface area (Å²) in [5.74, 6) is -0.152. The fourth-order valence-corrected chi connectivity index (χ4v) is 3.91. The molecule has 0 bridgehead atoms. The first-order valence-corrected chi connectivity index (χ1v) is 9.45. The van der Waals surface area contributed by atoms with Gasteiger partial charge in [-0.05, 0) is 36.2 Å². The third-order valence-corrected chi connectivity index (χ3v) is 5.34. The SMILES string of the molecule is Cc1ccc([C@@H]2c3c(oc4ccccc4c3=O)C(=O)N2Cc2cccnc2)cc1. The molecule has 142 valence electrons. The fourth-order valence-electron chi connectivity index (χ4n) is 3.91. The van der Waals surface area contributed by atoms with Gasteiger partial charge in [0.15, 0.2) is 5.43 Å². The molecule has 1 aliphatic rings. The number of fused-ring (bicyclic) bond motifs is 2. The van der Waals surface area contributed by atoms with Crippen LogP contribution in [0.5, 0.6) is 0 Å². The predicted octanol–water partition coefficient (Wildman–Crippen LogP) is 4.24. The number of nitrogens with zero attached hydrogens (tertiary/aromatic N) is 2. The molecule has 0 fully saturated rings. The van der Waals surface area contributed by atoms with Gasteiger partial charge in [-0.25, -0.2) is 0 Å². The first kappa shape index (κ1) is 17.4. The largest absolute Gasteiger partial charge is 0.450 e. The highest BCUT2D eigenvalue weighted by atomic mass is 16.3. The number of aryl methyl sites for hydroxylation is 1. The molecule has 0 N–H and O–H groups in total. The average molecular weight is 382 g/mol. The van der Waals surface area contributed by atoms with Gasteiger partial charge in [-0.2, -0.15) is 0 Å². The summed E-state index contributed by atoms with van der Waals surface area (Å²) in [4.78, 5) is 32.5. The van der Waals surface area contributed by atoms with Gasteiger partial charge >= 0.3 is 0 Å². The van der Waals surface area contributed by atoms with E-state index >= 15 is 0 Å². The molecule has 0 spiro atoms. The molecule has 0 unspecified atom stereocenters. The number of hydrogen-bond acceptors (Lipinski definition) is 4. The van der Waals surface area contributed by atoms with Crippen molar-refractivity contribution in [3.05, 3.63) is 111 Å². The molecular formula is C24H18N2O3. The Morgan fingerprint density at radius 3 is 2.55 bits per heavy atom. The molecule has 0 radical (unpaired) electrons. The Morgan fingerprint density at radius 2 is 1.79 bits per heavy atom. The molecule has 1 aliphatic heterocycles. The molecule has 0 saturated heterocycles. The zero-order valence-electron chi connectivity index (χ0n) is 15.8. The maximum atomic E-state index is 13.4. The summed E-state index contributed by atoms with van der Waals surface area (Å²) in [5.41, 5.74) is 3.56. The number of amides is 1. The molecule has 0 saturated carbocycles. The zero-order valence-corrected chi connectivity index (χ0v) is 15.8. The van der Waals surface area contributed by atoms with Gasteiger partial charge in [-0.15, -0.1) is 0 Å². The molecule has 3 heterocycles. The molecule has 2 aromatic heterocycles. The van der Waals surface area contributed by atoms with E-state index in [0.717, 1.165) is 16.7 Å². The second-order valence-electron chi connectivity index (χ2n) is 7.28. The second kappa shape index (κ2) is 6.71. The molecule has 1 atom stereocenters. The normalized spacial score (nSPS) is 15.7. The lowest BCUT2D eigenvalue weighted by Crippen LogP contribution is -2.29. The van der Waals surface area contributed by atoms with Crippen LogP contribution in [0, 0.1) is 6.92 Å². The van der Waals surface area contributed by atoms with E-state index in [1.807, 2.05) is 43.3 Å². The summed E-state index contributed by atoms with van der Waals surface area (Å²) in [5, 5.41) is 0.486. The Hall–Kier alpha value is -3.73. The van der Waals surface area contributed by atoms with Gasteiger partial charge in [0.1, 0.15) is 5.58 Å². The summed E-state index contributed by atoms with van der Waals surface area (Å²) in [7, 11) is 0. The van der Waals surface area contributed by atoms with Crippen molar-refractivity contribution in [1.29, 1.82) is 0 Å². The molecule has 5 heteroatoms. The highest BCUT2D eigenvalue weighted by Gasteiger charge is 2.42. The standard InChI is InChI=1S/C24H18N2O3/c1-15-8-10-17(11-9-15)21-20-22(27)18-6-2-3-7-19(18)29-23(20)24(28)26(21)14-16-5-4-12-25-13-16/h2-13,21H,14H2,1H3/t21-/m1/s1. The Bertz CT molecular complexity index is 1280. The lowest BCUT2D eigenvalue weighted by molar-refractivity contribution is 0.0714. The van der Waals surface area contributed by atoms with E-state index < -0.39 is 6.04 Å². The quantitative estimate of drug-likeness (QED) is 0.532. The van der Waals surface area contributed by atoms with Crippen LogP contribution in [0.25, 0.3) is 11.0 Å². The van der Waals surface area contributed by atoms with Gasteiger partial charge in [0.05, 0.1) is 17.0 Å². The predicted molar refractivity (Wildman–Crippen MR) is 110 cm³/mol. The minimum absolute atomic E-state index is 0.128. The Kier molecular flexibility index (Phi) is 4.02. The van der Waals surface area contributed by atoms with Crippen molar-refractivity contribution in [2.75, 3.05) is 0 Å². The summed E-state index contributed by atoms with van der Waals surface area (Å²) in [6, 6.07) is 18.2. The number of carbonyl (C=O) groups is 1. The lowest BCUT2D eigenvalue weighted by Gasteiger charge is -2.25. The number of aromatic nitrogens is 1. The minimum atomic E-state index is -0.501. The molecule has 5 nitrogen and oxygen atoms in total. The zero-order chi connectivity index (χ0) is 20.0. The lowest BCUT2D eigenvalue weighted by atomic mass is 9.97. The topological polar surface area (TPSA) is 63.4 Å². The van der Waals surface area contributed by atoms with Crippen LogP contribution in [0.4, 0.5) is 0 Å². The number of hydrogen-bond donors (Lipinski definition) is 0. The number of benzene rings is 2. The van der Waals surface area contributed by atoms with E-state index in [9.17, 15) is 9.59 Å². The van der Waals surface area contributed by atoms with Gasteiger partial charge in [-0.1, -0.05) is 48.0 Å². The smallest absolute Gasteiger partial charge is 0.291 e. The van der Waals surface area contributed by atoms with E-state index in [1.54, 1.807) is 41.6 Å². The third kappa shape index (κ3) is 2.83. The second-order valence-corrected chi connectivity index (χ2v) is 7.28. The van der Waals surface area contributed by atoms with Gasteiger partial charge in [0.25, 0.3) is 5.91 Å². The van der Waals surface area contributed by atoms with E-state index in [1.165, 1.54) is 0 Å².